The van der Waals surface area contributed by atoms with E-state index >= 15 is 0 Å². The number of amides is 1. The molecule has 10 radical (unpaired) electrons. The number of carbonyl (C=O) groups excluding carboxylic acids is 2. The third-order valence-electron chi connectivity index (χ3n) is 4.57. The van der Waals surface area contributed by atoms with E-state index in [0.29, 0.717) is 17.4 Å². The molecule has 2 fully saturated rings. The molecular weight excluding hydrogens is 504 g/mol. The Hall–Kier alpha value is -3.11. The molecule has 0 spiro atoms. The minimum absolute atomic E-state index is 0. The number of hydrogen-bond donors (Lipinski definition) is 5. The number of nitrogens with two attached hydrogens (primary N) is 3. The molecule has 1 heterocycles. The molecule has 0 atom stereocenters. The van der Waals surface area contributed by atoms with Gasteiger partial charge in [0.1, 0.15) is 5.82 Å². The molecule has 2 aromatic rings. The van der Waals surface area contributed by atoms with Gasteiger partial charge in [-0.1, -0.05) is 0 Å². The van der Waals surface area contributed by atoms with Gasteiger partial charge in [0.05, 0.1) is 11.9 Å². The largest absolute Gasteiger partial charge is 2.00 e. The summed E-state index contributed by atoms with van der Waals surface area (Å²) >= 11 is 0. The summed E-state index contributed by atoms with van der Waals surface area (Å²) in [4.78, 5) is 36.2. The van der Waals surface area contributed by atoms with E-state index in [1.807, 2.05) is 69.9 Å². The summed E-state index contributed by atoms with van der Waals surface area (Å²) in [7, 11) is 0. The first-order valence-corrected chi connectivity index (χ1v) is 10.7. The maximum absolute atomic E-state index is 12.0. The minimum atomic E-state index is -0.751. The van der Waals surface area contributed by atoms with Crippen LogP contribution in [0.3, 0.4) is 0 Å². The maximum atomic E-state index is 12.0. The molecule has 2 aliphatic rings. The molecule has 1 amide bonds. The van der Waals surface area contributed by atoms with Crippen molar-refractivity contribution in [2.75, 3.05) is 22.9 Å². The number of aromatic nitrogens is 2. The predicted molar refractivity (Wildman–Crippen MR) is 134 cm³/mol. The van der Waals surface area contributed by atoms with E-state index in [1.165, 1.54) is 5.92 Å². The van der Waals surface area contributed by atoms with E-state index in [9.17, 15) is 9.59 Å². The molecule has 8 N–H and O–H groups in total. The van der Waals surface area contributed by atoms with E-state index in [4.69, 9.17) is 17.2 Å². The Balaban J connectivity index is 0.000000678. The number of fused-ring (bicyclic) bond motifs is 1. The summed E-state index contributed by atoms with van der Waals surface area (Å²) < 4.78 is 0. The van der Waals surface area contributed by atoms with Crippen molar-refractivity contribution < 1.29 is 31.5 Å². The zero-order valence-electron chi connectivity index (χ0n) is 19.2. The Morgan fingerprint density at radius 3 is 2.25 bits per heavy atom. The summed E-state index contributed by atoms with van der Waals surface area (Å²) in [5.41, 5.74) is 17.6. The van der Waals surface area contributed by atoms with Gasteiger partial charge in [-0.2, -0.15) is 4.98 Å². The Morgan fingerprint density at radius 2 is 1.61 bits per heavy atom. The van der Waals surface area contributed by atoms with Crippen LogP contribution < -0.4 is 27.8 Å². The van der Waals surface area contributed by atoms with Crippen molar-refractivity contribution in [1.82, 2.24) is 9.97 Å². The van der Waals surface area contributed by atoms with Crippen molar-refractivity contribution in [3.05, 3.63) is 81.9 Å². The SMILES string of the molecule is NC(N)=NOC(=O)CCC(=O)Nc1nc(N)c2cc(NC[C]3[CH][CH][CH][CH]3)ccc2n1.[CH]1[CH][CH][CH][CH]1.[Fe+2]. The van der Waals surface area contributed by atoms with Crippen LogP contribution in [0.15, 0.2) is 23.4 Å². The van der Waals surface area contributed by atoms with E-state index in [1.54, 1.807) is 6.07 Å². The first-order valence-electron chi connectivity index (χ1n) is 10.7. The number of nitrogens with zero attached hydrogens (tertiary/aromatic N) is 3. The standard InChI is InChI=1S/C19H21N8O3.C5H5.Fe/c20-17-13-9-12(23-10-11-3-1-2-4-11)5-6-14(13)24-19(26-17)25-15(28)7-8-16(29)30-27-18(21)22;1-2-4-5-3-1;/h1-6,9,23H,7-8,10H2,(H4,21,22,27)(H3,20,24,25,26,28);1-5H;/q;;+2. The van der Waals surface area contributed by atoms with Crippen LogP contribution in [0.2, 0.25) is 0 Å². The van der Waals surface area contributed by atoms with Crippen LogP contribution in [0.4, 0.5) is 17.5 Å². The molecule has 186 valence electrons. The van der Waals surface area contributed by atoms with E-state index < -0.39 is 17.8 Å². The number of nitrogens with one attached hydrogen (secondary N) is 2. The van der Waals surface area contributed by atoms with Gasteiger partial charge in [0.15, 0.2) is 0 Å². The van der Waals surface area contributed by atoms with Crippen molar-refractivity contribution in [2.45, 2.75) is 12.8 Å². The van der Waals surface area contributed by atoms with Crippen LogP contribution in [-0.4, -0.2) is 34.3 Å². The summed E-state index contributed by atoms with van der Waals surface area (Å²) in [6.45, 7) is 0.680. The molecule has 0 saturated heterocycles. The van der Waals surface area contributed by atoms with Gasteiger partial charge in [-0.25, -0.2) is 9.78 Å². The van der Waals surface area contributed by atoms with Crippen LogP contribution in [-0.2, 0) is 31.5 Å². The summed E-state index contributed by atoms with van der Waals surface area (Å²) in [6.07, 6.45) is 17.6. The normalized spacial score (nSPS) is 14.8. The predicted octanol–water partition coefficient (Wildman–Crippen LogP) is 1.50. The molecule has 0 aliphatic heterocycles. The van der Waals surface area contributed by atoms with Crippen molar-refractivity contribution in [3.63, 3.8) is 0 Å². The fraction of sp³-hybridized carbons (Fsp3) is 0.125. The third-order valence-corrected chi connectivity index (χ3v) is 4.57. The average molecular weight is 530 g/mol. The van der Waals surface area contributed by atoms with Gasteiger partial charge in [-0.05, 0) is 81.1 Å². The first-order chi connectivity index (χ1) is 16.9. The Bertz CT molecular complexity index is 1030. The van der Waals surface area contributed by atoms with Crippen molar-refractivity contribution >= 4 is 46.2 Å². The van der Waals surface area contributed by atoms with Gasteiger partial charge >= 0.3 is 23.0 Å². The Labute approximate surface area is 221 Å². The summed E-state index contributed by atoms with van der Waals surface area (Å²) in [6, 6.07) is 5.49. The van der Waals surface area contributed by atoms with Gasteiger partial charge in [0, 0.05) is 30.0 Å². The van der Waals surface area contributed by atoms with Crippen LogP contribution in [0.1, 0.15) is 12.8 Å². The quantitative estimate of drug-likeness (QED) is 0.111. The molecule has 36 heavy (non-hydrogen) atoms. The summed E-state index contributed by atoms with van der Waals surface area (Å²) in [5.74, 6) is -0.195. The Kier molecular flexibility index (Phi) is 12.2. The summed E-state index contributed by atoms with van der Waals surface area (Å²) in [5, 5.41) is 9.58. The molecule has 0 bridgehead atoms. The number of benzene rings is 1. The molecule has 2 aliphatic carbocycles. The number of nitrogen functional groups attached to an aromatic ring is 1. The monoisotopic (exact) mass is 530 g/mol. The van der Waals surface area contributed by atoms with E-state index in [-0.39, 0.29) is 41.7 Å². The molecule has 4 rings (SSSR count). The van der Waals surface area contributed by atoms with Crippen LogP contribution >= 0.6 is 0 Å². The fourth-order valence-electron chi connectivity index (χ4n) is 2.93. The second kappa shape index (κ2) is 15.1. The van der Waals surface area contributed by atoms with Crippen LogP contribution in [0, 0.1) is 63.7 Å². The first kappa shape index (κ1) is 29.1. The van der Waals surface area contributed by atoms with Crippen molar-refractivity contribution in [1.29, 1.82) is 0 Å². The molecule has 1 aromatic heterocycles. The van der Waals surface area contributed by atoms with Crippen LogP contribution in [0.25, 0.3) is 10.9 Å². The van der Waals surface area contributed by atoms with Gasteiger partial charge in [0.2, 0.25) is 17.8 Å². The zero-order chi connectivity index (χ0) is 25.0. The molecule has 1 aromatic carbocycles. The topological polar surface area (TPSA) is 184 Å². The van der Waals surface area contributed by atoms with Crippen molar-refractivity contribution in [2.24, 2.45) is 16.6 Å². The zero-order valence-corrected chi connectivity index (χ0v) is 20.3. The van der Waals surface area contributed by atoms with E-state index in [0.717, 1.165) is 5.69 Å². The third kappa shape index (κ3) is 9.87. The minimum Gasteiger partial charge on any atom is -0.384 e. The molecular formula is C24H26FeN8O3+2. The number of hydrogen-bond acceptors (Lipinski definition) is 8. The molecule has 2 saturated carbocycles. The van der Waals surface area contributed by atoms with Gasteiger partial charge < -0.3 is 27.4 Å². The fourth-order valence-corrected chi connectivity index (χ4v) is 2.93. The van der Waals surface area contributed by atoms with Crippen molar-refractivity contribution in [3.8, 4) is 0 Å². The maximum Gasteiger partial charge on any atom is 2.00 e. The van der Waals surface area contributed by atoms with Gasteiger partial charge in [-0.3, -0.25) is 10.1 Å². The number of rotatable bonds is 8. The molecule has 12 heteroatoms. The smallest absolute Gasteiger partial charge is 0.384 e. The second-order valence-corrected chi connectivity index (χ2v) is 7.30. The number of anilines is 3. The van der Waals surface area contributed by atoms with E-state index in [2.05, 4.69) is 30.6 Å². The number of carbonyl (C=O) groups is 2. The van der Waals surface area contributed by atoms with Gasteiger partial charge in [-0.15, -0.1) is 0 Å². The molecule has 0 unspecified atom stereocenters. The average Bonchev–Trinajstić information content (AvgIpc) is 3.57. The number of guanidine groups is 1. The van der Waals surface area contributed by atoms with Crippen LogP contribution in [0.5, 0.6) is 0 Å². The van der Waals surface area contributed by atoms with Gasteiger partial charge in [0.25, 0.3) is 0 Å². The second-order valence-electron chi connectivity index (χ2n) is 7.30. The number of oxime groups is 1. The Morgan fingerprint density at radius 1 is 0.944 bits per heavy atom. The molecule has 11 nitrogen and oxygen atoms in total.